The van der Waals surface area contributed by atoms with Crippen LogP contribution in [0.5, 0.6) is 0 Å². The van der Waals surface area contributed by atoms with E-state index in [1.807, 2.05) is 22.8 Å². The molecular weight excluding hydrogens is 350 g/mol. The third-order valence-corrected chi connectivity index (χ3v) is 5.79. The lowest BCUT2D eigenvalue weighted by Crippen LogP contribution is -2.47. The van der Waals surface area contributed by atoms with Gasteiger partial charge in [-0.1, -0.05) is 0 Å². The van der Waals surface area contributed by atoms with E-state index in [-0.39, 0.29) is 5.91 Å². The first-order chi connectivity index (χ1) is 12.8. The van der Waals surface area contributed by atoms with E-state index >= 15 is 0 Å². The summed E-state index contributed by atoms with van der Waals surface area (Å²) in [6, 6.07) is 0. The number of imidazole rings is 1. The van der Waals surface area contributed by atoms with Crippen molar-refractivity contribution < 1.29 is 9.53 Å². The Balaban J connectivity index is 1.38. The molecule has 0 unspecified atom stereocenters. The Morgan fingerprint density at radius 1 is 1.27 bits per heavy atom. The standard InChI is InChI=1S/C18H25N5O2S/c24-17(22-6-8-25-9-7-22)12-21-4-1-2-15(10-21)18-19-3-5-23(18)11-16-13-26-14-20-16/h3,5,13-15H,1-2,4,6-12H2/t15-/m0/s1. The van der Waals surface area contributed by atoms with Gasteiger partial charge in [-0.3, -0.25) is 9.69 Å². The molecule has 2 aromatic rings. The number of carbonyl (C=O) groups is 1. The molecule has 4 heterocycles. The maximum atomic E-state index is 12.5. The quantitative estimate of drug-likeness (QED) is 0.791. The highest BCUT2D eigenvalue weighted by Crippen LogP contribution is 2.26. The maximum absolute atomic E-state index is 12.5. The minimum Gasteiger partial charge on any atom is -0.378 e. The molecule has 8 heteroatoms. The highest BCUT2D eigenvalue weighted by Gasteiger charge is 2.27. The molecule has 0 bridgehead atoms. The van der Waals surface area contributed by atoms with Crippen LogP contribution in [-0.4, -0.2) is 76.2 Å². The number of piperidine rings is 1. The summed E-state index contributed by atoms with van der Waals surface area (Å²) in [6.45, 7) is 5.89. The van der Waals surface area contributed by atoms with Gasteiger partial charge in [-0.25, -0.2) is 9.97 Å². The van der Waals surface area contributed by atoms with Gasteiger partial charge in [0, 0.05) is 43.3 Å². The van der Waals surface area contributed by atoms with Gasteiger partial charge in [0.1, 0.15) is 5.82 Å². The van der Waals surface area contributed by atoms with Crippen molar-refractivity contribution in [3.8, 4) is 0 Å². The van der Waals surface area contributed by atoms with Crippen LogP contribution in [0.25, 0.3) is 0 Å². The zero-order valence-corrected chi connectivity index (χ0v) is 15.7. The molecule has 1 atom stereocenters. The Hall–Kier alpha value is -1.77. The lowest BCUT2D eigenvalue weighted by atomic mass is 9.97. The first-order valence-electron chi connectivity index (χ1n) is 9.25. The Kier molecular flexibility index (Phi) is 5.62. The minimum atomic E-state index is 0.222. The van der Waals surface area contributed by atoms with Gasteiger partial charge >= 0.3 is 0 Å². The fourth-order valence-electron chi connectivity index (χ4n) is 3.82. The number of hydrogen-bond acceptors (Lipinski definition) is 6. The van der Waals surface area contributed by atoms with Crippen LogP contribution in [0.4, 0.5) is 0 Å². The van der Waals surface area contributed by atoms with Crippen molar-refractivity contribution in [2.45, 2.75) is 25.3 Å². The molecule has 0 spiro atoms. The number of nitrogens with zero attached hydrogens (tertiary/aromatic N) is 5. The van der Waals surface area contributed by atoms with Crippen molar-refractivity contribution in [1.82, 2.24) is 24.3 Å². The third-order valence-electron chi connectivity index (χ3n) is 5.16. The van der Waals surface area contributed by atoms with E-state index in [1.54, 1.807) is 11.3 Å². The molecule has 140 valence electrons. The lowest BCUT2D eigenvalue weighted by Gasteiger charge is -2.34. The highest BCUT2D eigenvalue weighted by molar-refractivity contribution is 7.07. The molecule has 2 aliphatic heterocycles. The van der Waals surface area contributed by atoms with Crippen LogP contribution in [0.2, 0.25) is 0 Å². The maximum Gasteiger partial charge on any atom is 0.236 e. The molecule has 4 rings (SSSR count). The molecule has 0 aromatic carbocycles. The van der Waals surface area contributed by atoms with Gasteiger partial charge in [-0.2, -0.15) is 0 Å². The van der Waals surface area contributed by atoms with E-state index in [0.29, 0.717) is 38.8 Å². The number of thiazole rings is 1. The van der Waals surface area contributed by atoms with Gasteiger partial charge in [0.15, 0.2) is 0 Å². The smallest absolute Gasteiger partial charge is 0.236 e. The van der Waals surface area contributed by atoms with E-state index in [1.165, 1.54) is 0 Å². The van der Waals surface area contributed by atoms with Gasteiger partial charge in [0.25, 0.3) is 0 Å². The molecule has 2 saturated heterocycles. The molecule has 0 aliphatic carbocycles. The Morgan fingerprint density at radius 2 is 2.15 bits per heavy atom. The molecule has 2 aromatic heterocycles. The molecule has 7 nitrogen and oxygen atoms in total. The molecule has 1 amide bonds. The summed E-state index contributed by atoms with van der Waals surface area (Å²) in [7, 11) is 0. The summed E-state index contributed by atoms with van der Waals surface area (Å²) in [5.41, 5.74) is 2.94. The summed E-state index contributed by atoms with van der Waals surface area (Å²) in [6.07, 6.45) is 6.13. The second-order valence-corrected chi connectivity index (χ2v) is 7.68. The van der Waals surface area contributed by atoms with E-state index in [0.717, 1.165) is 44.0 Å². The van der Waals surface area contributed by atoms with Crippen LogP contribution < -0.4 is 0 Å². The largest absolute Gasteiger partial charge is 0.378 e. The van der Waals surface area contributed by atoms with Crippen molar-refractivity contribution in [2.75, 3.05) is 45.9 Å². The molecular formula is C18H25N5O2S. The van der Waals surface area contributed by atoms with Gasteiger partial charge in [-0.15, -0.1) is 11.3 Å². The second-order valence-electron chi connectivity index (χ2n) is 6.96. The van der Waals surface area contributed by atoms with Crippen molar-refractivity contribution >= 4 is 17.2 Å². The Morgan fingerprint density at radius 3 is 2.96 bits per heavy atom. The molecule has 0 saturated carbocycles. The van der Waals surface area contributed by atoms with Gasteiger partial charge in [-0.05, 0) is 19.4 Å². The average molecular weight is 375 g/mol. The summed E-state index contributed by atoms with van der Waals surface area (Å²) < 4.78 is 7.54. The summed E-state index contributed by atoms with van der Waals surface area (Å²) in [4.78, 5) is 25.8. The van der Waals surface area contributed by atoms with Gasteiger partial charge in [0.05, 0.1) is 37.5 Å². The zero-order chi connectivity index (χ0) is 17.8. The number of ether oxygens (including phenoxy) is 1. The minimum absolute atomic E-state index is 0.222. The number of rotatable bonds is 5. The third kappa shape index (κ3) is 4.13. The fraction of sp³-hybridized carbons (Fsp3) is 0.611. The molecule has 26 heavy (non-hydrogen) atoms. The average Bonchev–Trinajstić information content (AvgIpc) is 3.35. The second kappa shape index (κ2) is 8.28. The van der Waals surface area contributed by atoms with Crippen LogP contribution in [0.1, 0.15) is 30.3 Å². The Labute approximate surface area is 157 Å². The van der Waals surface area contributed by atoms with E-state index in [2.05, 4.69) is 24.8 Å². The van der Waals surface area contributed by atoms with Crippen molar-refractivity contribution in [3.63, 3.8) is 0 Å². The molecule has 0 radical (unpaired) electrons. The number of carbonyl (C=O) groups excluding carboxylic acids is 1. The number of aromatic nitrogens is 3. The number of likely N-dealkylation sites (tertiary alicyclic amines) is 1. The lowest BCUT2D eigenvalue weighted by molar-refractivity contribution is -0.136. The number of morpholine rings is 1. The van der Waals surface area contributed by atoms with Crippen LogP contribution in [0.15, 0.2) is 23.3 Å². The zero-order valence-electron chi connectivity index (χ0n) is 14.9. The summed E-state index contributed by atoms with van der Waals surface area (Å²) >= 11 is 1.62. The van der Waals surface area contributed by atoms with Crippen molar-refractivity contribution in [2.24, 2.45) is 0 Å². The van der Waals surface area contributed by atoms with Crippen LogP contribution >= 0.6 is 11.3 Å². The Bertz CT molecular complexity index is 711. The van der Waals surface area contributed by atoms with Crippen LogP contribution in [0, 0.1) is 0 Å². The topological polar surface area (TPSA) is 63.5 Å². The monoisotopic (exact) mass is 375 g/mol. The van der Waals surface area contributed by atoms with E-state index in [9.17, 15) is 4.79 Å². The van der Waals surface area contributed by atoms with Gasteiger partial charge in [0.2, 0.25) is 5.91 Å². The number of hydrogen-bond donors (Lipinski definition) is 0. The molecule has 2 aliphatic rings. The van der Waals surface area contributed by atoms with Gasteiger partial charge < -0.3 is 14.2 Å². The summed E-state index contributed by atoms with van der Waals surface area (Å²) in [5.74, 6) is 1.70. The SMILES string of the molecule is O=C(CN1CCC[C@H](c2nccn2Cc2cscn2)C1)N1CCOCC1. The summed E-state index contributed by atoms with van der Waals surface area (Å²) in [5, 5.41) is 2.08. The predicted molar refractivity (Wildman–Crippen MR) is 99.3 cm³/mol. The normalized spacial score (nSPS) is 21.8. The number of amides is 1. The predicted octanol–water partition coefficient (Wildman–Crippen LogP) is 1.43. The molecule has 0 N–H and O–H groups in total. The highest BCUT2D eigenvalue weighted by atomic mass is 32.1. The molecule has 2 fully saturated rings. The van der Waals surface area contributed by atoms with E-state index in [4.69, 9.17) is 4.74 Å². The van der Waals surface area contributed by atoms with Crippen molar-refractivity contribution in [3.05, 3.63) is 34.8 Å². The van der Waals surface area contributed by atoms with Crippen LogP contribution in [0.3, 0.4) is 0 Å². The van der Waals surface area contributed by atoms with E-state index < -0.39 is 0 Å². The van der Waals surface area contributed by atoms with Crippen LogP contribution in [-0.2, 0) is 16.1 Å². The first-order valence-corrected chi connectivity index (χ1v) is 10.2. The van der Waals surface area contributed by atoms with Crippen molar-refractivity contribution in [1.29, 1.82) is 0 Å². The fourth-order valence-corrected chi connectivity index (χ4v) is 4.37. The first kappa shape index (κ1) is 17.6.